The lowest BCUT2D eigenvalue weighted by Gasteiger charge is -1.83. The van der Waals surface area contributed by atoms with E-state index in [1.54, 1.807) is 25.3 Å². The van der Waals surface area contributed by atoms with Crippen molar-refractivity contribution in [3.63, 3.8) is 0 Å². The minimum atomic E-state index is -0.00694. The van der Waals surface area contributed by atoms with Crippen LogP contribution in [0, 0.1) is 29.6 Å². The molecule has 12 heavy (non-hydrogen) atoms. The number of nitrogens with zero attached hydrogens (tertiary/aromatic N) is 2. The Balaban J connectivity index is 0.000000261. The molecule has 1 heterocycles. The molecule has 0 aromatic carbocycles. The van der Waals surface area contributed by atoms with Crippen LogP contribution in [-0.4, -0.2) is 4.98 Å². The molecule has 1 rings (SSSR count). The van der Waals surface area contributed by atoms with Crippen LogP contribution in [0.2, 0.25) is 0 Å². The van der Waals surface area contributed by atoms with Crippen LogP contribution in [-0.2, 0) is 0 Å². The molecule has 0 saturated heterocycles. The topological polar surface area (TPSA) is 80.4 Å². The summed E-state index contributed by atoms with van der Waals surface area (Å²) in [5, 5.41) is 14.5. The number of aromatic amines is 1. The molecule has 0 radical (unpaired) electrons. The molecule has 0 amide bonds. The Labute approximate surface area is 69.7 Å². The molecule has 0 fully saturated rings. The predicted octanol–water partition coefficient (Wildman–Crippen LogP) is 0.717. The van der Waals surface area contributed by atoms with Gasteiger partial charge in [-0.25, -0.2) is 0 Å². The Morgan fingerprint density at radius 3 is 2.25 bits per heavy atom. The van der Waals surface area contributed by atoms with Gasteiger partial charge in [0.15, 0.2) is 12.1 Å². The molecule has 0 saturated carbocycles. The van der Waals surface area contributed by atoms with Gasteiger partial charge in [-0.15, -0.1) is 0 Å². The summed E-state index contributed by atoms with van der Waals surface area (Å²) in [7, 11) is 0. The Hall–Kier alpha value is -2.07. The van der Waals surface area contributed by atoms with Crippen molar-refractivity contribution in [2.45, 2.75) is 6.92 Å². The minimum absolute atomic E-state index is 0.00694. The fourth-order valence-electron chi connectivity index (χ4n) is 0.506. The summed E-state index contributed by atoms with van der Waals surface area (Å²) in [4.78, 5) is 13.1. The highest BCUT2D eigenvalue weighted by Gasteiger charge is 1.83. The van der Waals surface area contributed by atoms with E-state index in [4.69, 9.17) is 10.5 Å². The normalized spacial score (nSPS) is 6.92. The van der Waals surface area contributed by atoms with Gasteiger partial charge < -0.3 is 4.98 Å². The summed E-state index contributed by atoms with van der Waals surface area (Å²) in [5.74, 6) is 0. The van der Waals surface area contributed by atoms with E-state index in [0.29, 0.717) is 0 Å². The minimum Gasteiger partial charge on any atom is -0.329 e. The number of hydrogen-bond donors (Lipinski definition) is 1. The zero-order valence-corrected chi connectivity index (χ0v) is 6.53. The van der Waals surface area contributed by atoms with Gasteiger partial charge in [0.25, 0.3) is 5.56 Å². The van der Waals surface area contributed by atoms with Gasteiger partial charge in [-0.05, 0) is 13.0 Å². The average molecular weight is 161 g/mol. The van der Waals surface area contributed by atoms with Crippen LogP contribution in [0.15, 0.2) is 23.1 Å². The smallest absolute Gasteiger partial charge is 0.250 e. The third-order valence-electron chi connectivity index (χ3n) is 1.07. The quantitative estimate of drug-likeness (QED) is 0.608. The summed E-state index contributed by atoms with van der Waals surface area (Å²) < 4.78 is 0. The molecule has 1 aromatic rings. The summed E-state index contributed by atoms with van der Waals surface area (Å²) in [6, 6.07) is 6.05. The van der Waals surface area contributed by atoms with Gasteiger partial charge >= 0.3 is 0 Å². The van der Waals surface area contributed by atoms with Crippen LogP contribution in [0.5, 0.6) is 0 Å². The number of hydrogen-bond acceptors (Lipinski definition) is 3. The second-order valence-corrected chi connectivity index (χ2v) is 1.91. The van der Waals surface area contributed by atoms with Gasteiger partial charge in [0, 0.05) is 11.8 Å². The maximum atomic E-state index is 10.6. The van der Waals surface area contributed by atoms with Crippen molar-refractivity contribution in [2.75, 3.05) is 0 Å². The zero-order valence-electron chi connectivity index (χ0n) is 6.53. The Morgan fingerprint density at radius 1 is 1.42 bits per heavy atom. The Kier molecular flexibility index (Phi) is 4.71. The Morgan fingerprint density at radius 2 is 2.00 bits per heavy atom. The number of rotatable bonds is 0. The molecule has 60 valence electrons. The molecular formula is C8H7N3O. The molecule has 0 aliphatic rings. The fraction of sp³-hybridized carbons (Fsp3) is 0.125. The molecule has 0 bridgehead atoms. The van der Waals surface area contributed by atoms with Crippen LogP contribution < -0.4 is 5.56 Å². The molecule has 4 nitrogen and oxygen atoms in total. The highest BCUT2D eigenvalue weighted by atomic mass is 16.1. The van der Waals surface area contributed by atoms with Crippen molar-refractivity contribution in [1.29, 1.82) is 10.5 Å². The van der Waals surface area contributed by atoms with Crippen LogP contribution in [0.4, 0.5) is 0 Å². The first-order chi connectivity index (χ1) is 5.72. The van der Waals surface area contributed by atoms with Crippen LogP contribution in [0.25, 0.3) is 0 Å². The number of H-pyrrole nitrogens is 1. The molecule has 1 aromatic heterocycles. The molecule has 4 heteroatoms. The second kappa shape index (κ2) is 5.70. The number of pyridine rings is 1. The van der Waals surface area contributed by atoms with Gasteiger partial charge in [0.05, 0.1) is 0 Å². The van der Waals surface area contributed by atoms with E-state index >= 15 is 0 Å². The van der Waals surface area contributed by atoms with E-state index in [0.717, 1.165) is 5.56 Å². The molecule has 0 aliphatic carbocycles. The van der Waals surface area contributed by atoms with Crippen molar-refractivity contribution in [3.05, 3.63) is 34.2 Å². The second-order valence-electron chi connectivity index (χ2n) is 1.91. The zero-order chi connectivity index (χ0) is 9.40. The van der Waals surface area contributed by atoms with E-state index < -0.39 is 0 Å². The molecule has 1 N–H and O–H groups in total. The van der Waals surface area contributed by atoms with Crippen LogP contribution >= 0.6 is 0 Å². The summed E-state index contributed by atoms with van der Waals surface area (Å²) in [6.07, 6.45) is 1.62. The van der Waals surface area contributed by atoms with Crippen molar-refractivity contribution in [3.8, 4) is 12.1 Å². The standard InChI is InChI=1S/C6H7NO.C2N2/c1-5-3-2-4-7-6(5)8;3-1-2-4/h2-4H,1H3,(H,7,8);. The summed E-state index contributed by atoms with van der Waals surface area (Å²) >= 11 is 0. The molecule has 0 unspecified atom stereocenters. The summed E-state index contributed by atoms with van der Waals surface area (Å²) in [5.41, 5.74) is 0.750. The fourth-order valence-corrected chi connectivity index (χ4v) is 0.506. The lowest BCUT2D eigenvalue weighted by molar-refractivity contribution is 1.18. The van der Waals surface area contributed by atoms with Gasteiger partial charge in [0.1, 0.15) is 0 Å². The molecule has 0 aliphatic heterocycles. The van der Waals surface area contributed by atoms with Crippen molar-refractivity contribution in [1.82, 2.24) is 4.98 Å². The maximum absolute atomic E-state index is 10.6. The number of aromatic nitrogens is 1. The molecule has 0 atom stereocenters. The number of nitrogens with one attached hydrogen (secondary N) is 1. The number of aryl methyl sites for hydroxylation is 1. The van der Waals surface area contributed by atoms with Crippen LogP contribution in [0.1, 0.15) is 5.56 Å². The van der Waals surface area contributed by atoms with Gasteiger partial charge in [0.2, 0.25) is 0 Å². The van der Waals surface area contributed by atoms with Crippen molar-refractivity contribution < 1.29 is 0 Å². The SMILES string of the molecule is Cc1ccc[nH]c1=O.N#CC#N. The van der Waals surface area contributed by atoms with Crippen molar-refractivity contribution in [2.24, 2.45) is 0 Å². The molecular weight excluding hydrogens is 154 g/mol. The largest absolute Gasteiger partial charge is 0.329 e. The Bertz CT molecular complexity index is 355. The monoisotopic (exact) mass is 161 g/mol. The van der Waals surface area contributed by atoms with E-state index in [1.165, 1.54) is 12.1 Å². The lowest BCUT2D eigenvalue weighted by Crippen LogP contribution is -2.06. The van der Waals surface area contributed by atoms with Gasteiger partial charge in [-0.3, -0.25) is 4.79 Å². The first-order valence-corrected chi connectivity index (χ1v) is 3.15. The maximum Gasteiger partial charge on any atom is 0.250 e. The van der Waals surface area contributed by atoms with E-state index in [-0.39, 0.29) is 5.56 Å². The molecule has 0 spiro atoms. The van der Waals surface area contributed by atoms with Gasteiger partial charge in [-0.1, -0.05) is 6.07 Å². The summed E-state index contributed by atoms with van der Waals surface area (Å²) in [6.45, 7) is 1.78. The third kappa shape index (κ3) is 3.86. The highest BCUT2D eigenvalue weighted by molar-refractivity contribution is 5.05. The van der Waals surface area contributed by atoms with E-state index in [1.807, 2.05) is 0 Å². The third-order valence-corrected chi connectivity index (χ3v) is 1.07. The first kappa shape index (κ1) is 9.93. The van der Waals surface area contributed by atoms with E-state index in [2.05, 4.69) is 4.98 Å². The van der Waals surface area contributed by atoms with Gasteiger partial charge in [-0.2, -0.15) is 10.5 Å². The lowest BCUT2D eigenvalue weighted by atomic mass is 10.3. The predicted molar refractivity (Wildman–Crippen MR) is 43.0 cm³/mol. The average Bonchev–Trinajstić information content (AvgIpc) is 2.11. The highest BCUT2D eigenvalue weighted by Crippen LogP contribution is 1.81. The number of nitriles is 2. The van der Waals surface area contributed by atoms with Crippen molar-refractivity contribution >= 4 is 0 Å². The van der Waals surface area contributed by atoms with E-state index in [9.17, 15) is 4.79 Å². The van der Waals surface area contributed by atoms with Crippen LogP contribution in [0.3, 0.4) is 0 Å². The first-order valence-electron chi connectivity index (χ1n) is 3.15.